The van der Waals surface area contributed by atoms with Crippen LogP contribution in [0, 0.1) is 6.92 Å². The minimum Gasteiger partial charge on any atom is -0.406 e. The molecule has 7 heteroatoms. The van der Waals surface area contributed by atoms with Crippen molar-refractivity contribution in [2.24, 2.45) is 0 Å². The van der Waals surface area contributed by atoms with E-state index >= 15 is 0 Å². The van der Waals surface area contributed by atoms with E-state index in [1.54, 1.807) is 19.1 Å². The number of rotatable bonds is 5. The van der Waals surface area contributed by atoms with Crippen molar-refractivity contribution in [1.82, 2.24) is 9.97 Å². The van der Waals surface area contributed by atoms with Gasteiger partial charge in [0.2, 0.25) is 0 Å². The van der Waals surface area contributed by atoms with Crippen molar-refractivity contribution in [1.29, 1.82) is 0 Å². The Morgan fingerprint density at radius 2 is 1.87 bits per heavy atom. The van der Waals surface area contributed by atoms with Crippen molar-refractivity contribution < 1.29 is 17.9 Å². The lowest BCUT2D eigenvalue weighted by Crippen LogP contribution is -2.16. The highest BCUT2D eigenvalue weighted by Crippen LogP contribution is 2.25. The number of aromatic nitrogens is 2. The van der Waals surface area contributed by atoms with Crippen LogP contribution in [0.3, 0.4) is 0 Å². The smallest absolute Gasteiger partial charge is 0.406 e. The first kappa shape index (κ1) is 16.5. The number of anilines is 2. The van der Waals surface area contributed by atoms with Gasteiger partial charge in [-0.25, -0.2) is 9.97 Å². The number of nitrogens with one attached hydrogen (secondary N) is 1. The van der Waals surface area contributed by atoms with Gasteiger partial charge in [-0.1, -0.05) is 19.2 Å². The van der Waals surface area contributed by atoms with Gasteiger partial charge in [0.25, 0.3) is 0 Å². The molecule has 1 N–H and O–H groups in total. The van der Waals surface area contributed by atoms with Crippen molar-refractivity contribution in [3.8, 4) is 5.75 Å². The minimum absolute atomic E-state index is 0.289. The summed E-state index contributed by atoms with van der Waals surface area (Å²) in [5, 5.41) is 2.99. The van der Waals surface area contributed by atoms with Gasteiger partial charge in [-0.15, -0.1) is 13.2 Å². The van der Waals surface area contributed by atoms with Crippen LogP contribution in [0.5, 0.6) is 5.75 Å². The summed E-state index contributed by atoms with van der Waals surface area (Å²) in [6.07, 6.45) is -3.13. The lowest BCUT2D eigenvalue weighted by atomic mass is 10.2. The van der Waals surface area contributed by atoms with Crippen LogP contribution in [0.25, 0.3) is 5.57 Å². The molecule has 0 aliphatic heterocycles. The number of benzene rings is 1. The molecule has 4 nitrogen and oxygen atoms in total. The number of aryl methyl sites for hydroxylation is 1. The van der Waals surface area contributed by atoms with Crippen molar-refractivity contribution >= 4 is 17.1 Å². The third-order valence-corrected chi connectivity index (χ3v) is 2.77. The summed E-state index contributed by atoms with van der Waals surface area (Å²) in [5.74, 6) is 0.743. The van der Waals surface area contributed by atoms with Crippen molar-refractivity contribution in [2.45, 2.75) is 13.3 Å². The molecule has 0 fully saturated rings. The van der Waals surface area contributed by atoms with E-state index in [1.807, 2.05) is 0 Å². The third-order valence-electron chi connectivity index (χ3n) is 2.77. The van der Waals surface area contributed by atoms with E-state index in [-0.39, 0.29) is 5.75 Å². The molecule has 0 saturated carbocycles. The minimum atomic E-state index is -4.71. The monoisotopic (exact) mass is 321 g/mol. The summed E-state index contributed by atoms with van der Waals surface area (Å²) in [7, 11) is 0. The summed E-state index contributed by atoms with van der Waals surface area (Å²) in [4.78, 5) is 8.45. The second-order valence-electron chi connectivity index (χ2n) is 4.61. The van der Waals surface area contributed by atoms with E-state index in [9.17, 15) is 13.2 Å². The maximum atomic E-state index is 12.1. The Balaban J connectivity index is 2.17. The second kappa shape index (κ2) is 6.51. The van der Waals surface area contributed by atoms with E-state index < -0.39 is 6.36 Å². The molecule has 0 radical (unpaired) electrons. The number of allylic oxidation sites excluding steroid dienone is 2. The maximum absolute atomic E-state index is 12.1. The van der Waals surface area contributed by atoms with Gasteiger partial charge in [0.15, 0.2) is 0 Å². The summed E-state index contributed by atoms with van der Waals surface area (Å²) in [6, 6.07) is 7.03. The SMILES string of the molecule is C=CC(=C)c1cc(Nc2ccc(OC(F)(F)F)cc2)nc(C)n1. The Hall–Kier alpha value is -2.83. The fourth-order valence-electron chi connectivity index (χ4n) is 1.79. The van der Waals surface area contributed by atoms with Gasteiger partial charge in [-0.05, 0) is 36.8 Å². The molecule has 1 aromatic heterocycles. The first-order valence-electron chi connectivity index (χ1n) is 6.57. The summed E-state index contributed by atoms with van der Waals surface area (Å²) >= 11 is 0. The Kier molecular flexibility index (Phi) is 4.68. The summed E-state index contributed by atoms with van der Waals surface area (Å²) in [5.41, 5.74) is 1.83. The van der Waals surface area contributed by atoms with Gasteiger partial charge < -0.3 is 10.1 Å². The highest BCUT2D eigenvalue weighted by molar-refractivity contribution is 5.71. The lowest BCUT2D eigenvalue weighted by Gasteiger charge is -2.11. The molecule has 1 heterocycles. The number of nitrogens with zero attached hydrogens (tertiary/aromatic N) is 2. The Morgan fingerprint density at radius 1 is 1.22 bits per heavy atom. The molecule has 0 spiro atoms. The molecular weight excluding hydrogens is 307 g/mol. The van der Waals surface area contributed by atoms with Gasteiger partial charge in [0.05, 0.1) is 5.69 Å². The molecule has 0 aliphatic carbocycles. The number of hydrogen-bond donors (Lipinski definition) is 1. The Morgan fingerprint density at radius 3 is 2.43 bits per heavy atom. The molecule has 2 rings (SSSR count). The van der Waals surface area contributed by atoms with Gasteiger partial charge >= 0.3 is 6.36 Å². The Bertz CT molecular complexity index is 724. The zero-order valence-electron chi connectivity index (χ0n) is 12.3. The van der Waals surface area contributed by atoms with Crippen molar-refractivity contribution in [3.05, 3.63) is 61.1 Å². The molecule has 0 atom stereocenters. The molecule has 120 valence electrons. The second-order valence-corrected chi connectivity index (χ2v) is 4.61. The first-order valence-corrected chi connectivity index (χ1v) is 6.57. The number of ether oxygens (including phenoxy) is 1. The Labute approximate surface area is 131 Å². The van der Waals surface area contributed by atoms with E-state index in [4.69, 9.17) is 0 Å². The highest BCUT2D eigenvalue weighted by atomic mass is 19.4. The topological polar surface area (TPSA) is 47.0 Å². The van der Waals surface area contributed by atoms with Crippen LogP contribution in [0.2, 0.25) is 0 Å². The van der Waals surface area contributed by atoms with E-state index in [0.717, 1.165) is 0 Å². The van der Waals surface area contributed by atoms with E-state index in [2.05, 4.69) is 33.2 Å². The molecule has 0 amide bonds. The van der Waals surface area contributed by atoms with Crippen LogP contribution in [0.1, 0.15) is 11.5 Å². The quantitative estimate of drug-likeness (QED) is 0.816. The van der Waals surface area contributed by atoms with E-state index in [1.165, 1.54) is 24.3 Å². The zero-order chi connectivity index (χ0) is 17.0. The van der Waals surface area contributed by atoms with E-state index in [0.29, 0.717) is 28.6 Å². The van der Waals surface area contributed by atoms with Crippen molar-refractivity contribution in [2.75, 3.05) is 5.32 Å². The van der Waals surface area contributed by atoms with Crippen LogP contribution in [0.4, 0.5) is 24.7 Å². The largest absolute Gasteiger partial charge is 0.573 e. The highest BCUT2D eigenvalue weighted by Gasteiger charge is 2.30. The average Bonchev–Trinajstić information content (AvgIpc) is 2.46. The number of alkyl halides is 3. The molecule has 1 aromatic carbocycles. The molecular formula is C16H14F3N3O. The molecule has 0 bridgehead atoms. The standard InChI is InChI=1S/C16H14F3N3O/c1-4-10(2)14-9-15(21-11(3)20-14)22-12-5-7-13(8-6-12)23-16(17,18)19/h4-9H,1-2H2,3H3,(H,20,21,22). The summed E-state index contributed by atoms with van der Waals surface area (Å²) in [6.45, 7) is 9.18. The molecule has 0 saturated heterocycles. The predicted molar refractivity (Wildman–Crippen MR) is 82.4 cm³/mol. The van der Waals surface area contributed by atoms with Crippen molar-refractivity contribution in [3.63, 3.8) is 0 Å². The lowest BCUT2D eigenvalue weighted by molar-refractivity contribution is -0.274. The van der Waals surface area contributed by atoms with Crippen LogP contribution in [-0.4, -0.2) is 16.3 Å². The van der Waals surface area contributed by atoms with Gasteiger partial charge in [-0.2, -0.15) is 0 Å². The fourth-order valence-corrected chi connectivity index (χ4v) is 1.79. The maximum Gasteiger partial charge on any atom is 0.573 e. The van der Waals surface area contributed by atoms with Crippen LogP contribution < -0.4 is 10.1 Å². The van der Waals surface area contributed by atoms with Crippen LogP contribution >= 0.6 is 0 Å². The first-order chi connectivity index (χ1) is 10.8. The number of hydrogen-bond acceptors (Lipinski definition) is 4. The van der Waals surface area contributed by atoms with Gasteiger partial charge in [0.1, 0.15) is 17.4 Å². The molecule has 2 aromatic rings. The average molecular weight is 321 g/mol. The van der Waals surface area contributed by atoms with Gasteiger partial charge in [-0.3, -0.25) is 0 Å². The van der Waals surface area contributed by atoms with Crippen LogP contribution in [-0.2, 0) is 0 Å². The fraction of sp³-hybridized carbons (Fsp3) is 0.125. The zero-order valence-corrected chi connectivity index (χ0v) is 12.3. The van der Waals surface area contributed by atoms with Gasteiger partial charge in [0, 0.05) is 11.8 Å². The summed E-state index contributed by atoms with van der Waals surface area (Å²) < 4.78 is 40.2. The molecule has 0 unspecified atom stereocenters. The number of halogens is 3. The third kappa shape index (κ3) is 4.84. The normalized spacial score (nSPS) is 11.0. The predicted octanol–water partition coefficient (Wildman–Crippen LogP) is 4.63. The van der Waals surface area contributed by atoms with Crippen LogP contribution in [0.15, 0.2) is 49.6 Å². The molecule has 23 heavy (non-hydrogen) atoms. The molecule has 0 aliphatic rings.